The van der Waals surface area contributed by atoms with E-state index in [2.05, 4.69) is 22.7 Å². The summed E-state index contributed by atoms with van der Waals surface area (Å²) in [6.07, 6.45) is 9.18. The van der Waals surface area contributed by atoms with Crippen LogP contribution in [-0.2, 0) is 4.79 Å². The van der Waals surface area contributed by atoms with Crippen LogP contribution in [0.3, 0.4) is 0 Å². The molecule has 0 bridgehead atoms. The first-order valence-electron chi connectivity index (χ1n) is 5.37. The molecule has 4 nitrogen and oxygen atoms in total. The van der Waals surface area contributed by atoms with Crippen LogP contribution in [0, 0.1) is 5.92 Å². The lowest BCUT2D eigenvalue weighted by Crippen LogP contribution is -2.18. The van der Waals surface area contributed by atoms with E-state index in [1.807, 2.05) is 0 Å². The highest BCUT2D eigenvalue weighted by Gasteiger charge is 2.07. The van der Waals surface area contributed by atoms with Crippen molar-refractivity contribution in [3.8, 4) is 0 Å². The van der Waals surface area contributed by atoms with Gasteiger partial charge in [-0.05, 0) is 38.5 Å². The van der Waals surface area contributed by atoms with Gasteiger partial charge < -0.3 is 10.5 Å². The number of allylic oxidation sites excluding steroid dienone is 2. The van der Waals surface area contributed by atoms with Crippen molar-refractivity contribution in [2.24, 2.45) is 11.0 Å². The van der Waals surface area contributed by atoms with E-state index < -0.39 is 5.97 Å². The zero-order valence-electron chi connectivity index (χ0n) is 9.07. The number of carbonyl (C=O) groups is 1. The number of aliphatic carboxylic acids is 1. The summed E-state index contributed by atoms with van der Waals surface area (Å²) in [7, 11) is 0. The molecule has 2 N–H and O–H groups in total. The van der Waals surface area contributed by atoms with Crippen LogP contribution in [0.15, 0.2) is 17.3 Å². The predicted molar refractivity (Wildman–Crippen MR) is 59.8 cm³/mol. The molecule has 0 saturated heterocycles. The fourth-order valence-electron chi connectivity index (χ4n) is 1.60. The number of rotatable bonds is 5. The summed E-state index contributed by atoms with van der Waals surface area (Å²) < 4.78 is 0. The molecule has 0 heterocycles. The molecule has 0 saturated carbocycles. The van der Waals surface area contributed by atoms with Crippen molar-refractivity contribution >= 4 is 11.7 Å². The normalized spacial score (nSPS) is 21.4. The number of hydrazone groups is 1. The summed E-state index contributed by atoms with van der Waals surface area (Å²) in [5, 5.41) is 12.3. The first kappa shape index (κ1) is 11.8. The smallest absolute Gasteiger partial charge is 0.351 e. The van der Waals surface area contributed by atoms with Crippen LogP contribution in [0.1, 0.15) is 32.6 Å². The summed E-state index contributed by atoms with van der Waals surface area (Å²) in [4.78, 5) is 10.4. The van der Waals surface area contributed by atoms with E-state index in [9.17, 15) is 4.79 Å². The Labute approximate surface area is 90.1 Å². The van der Waals surface area contributed by atoms with Gasteiger partial charge in [0.1, 0.15) is 5.71 Å². The molecule has 0 aliphatic heterocycles. The average molecular weight is 210 g/mol. The van der Waals surface area contributed by atoms with E-state index in [1.165, 1.54) is 26.2 Å². The second kappa shape index (κ2) is 6.22. The van der Waals surface area contributed by atoms with Gasteiger partial charge in [-0.1, -0.05) is 12.2 Å². The van der Waals surface area contributed by atoms with Gasteiger partial charge in [0.25, 0.3) is 0 Å². The Bertz CT molecular complexity index is 272. The fourth-order valence-corrected chi connectivity index (χ4v) is 1.60. The van der Waals surface area contributed by atoms with Gasteiger partial charge >= 0.3 is 5.97 Å². The SMILES string of the molecule is C/C(=N/NCCC1C=CCCC1)C(=O)O. The van der Waals surface area contributed by atoms with E-state index in [1.54, 1.807) is 0 Å². The fraction of sp³-hybridized carbons (Fsp3) is 0.636. The molecule has 0 aromatic carbocycles. The third-order valence-electron chi connectivity index (χ3n) is 2.54. The van der Waals surface area contributed by atoms with Crippen molar-refractivity contribution < 1.29 is 9.90 Å². The van der Waals surface area contributed by atoms with Gasteiger partial charge in [-0.15, -0.1) is 0 Å². The first-order chi connectivity index (χ1) is 7.20. The molecular formula is C11H18N2O2. The minimum atomic E-state index is -0.972. The molecule has 15 heavy (non-hydrogen) atoms. The average Bonchev–Trinajstić information content (AvgIpc) is 2.25. The van der Waals surface area contributed by atoms with Gasteiger partial charge in [0.15, 0.2) is 0 Å². The van der Waals surface area contributed by atoms with Gasteiger partial charge in [-0.3, -0.25) is 0 Å². The lowest BCUT2D eigenvalue weighted by Gasteiger charge is -2.15. The predicted octanol–water partition coefficient (Wildman–Crippen LogP) is 1.78. The van der Waals surface area contributed by atoms with Gasteiger partial charge in [-0.25, -0.2) is 4.79 Å². The van der Waals surface area contributed by atoms with Crippen LogP contribution in [-0.4, -0.2) is 23.3 Å². The van der Waals surface area contributed by atoms with Crippen molar-refractivity contribution in [3.05, 3.63) is 12.2 Å². The molecule has 0 aromatic rings. The Balaban J connectivity index is 2.16. The number of carboxylic acids is 1. The van der Waals surface area contributed by atoms with Crippen LogP contribution in [0.25, 0.3) is 0 Å². The molecule has 1 aliphatic carbocycles. The van der Waals surface area contributed by atoms with E-state index in [0.29, 0.717) is 5.92 Å². The molecule has 1 atom stereocenters. The highest BCUT2D eigenvalue weighted by molar-refractivity contribution is 6.34. The molecule has 0 aromatic heterocycles. The molecule has 4 heteroatoms. The van der Waals surface area contributed by atoms with Crippen molar-refractivity contribution in [1.82, 2.24) is 5.43 Å². The third kappa shape index (κ3) is 4.63. The summed E-state index contributed by atoms with van der Waals surface area (Å²) in [5.41, 5.74) is 2.89. The van der Waals surface area contributed by atoms with Crippen molar-refractivity contribution in [3.63, 3.8) is 0 Å². The monoisotopic (exact) mass is 210 g/mol. The third-order valence-corrected chi connectivity index (χ3v) is 2.54. The number of hydrogen-bond acceptors (Lipinski definition) is 3. The summed E-state index contributed by atoms with van der Waals surface area (Å²) in [6, 6.07) is 0. The molecule has 1 rings (SSSR count). The topological polar surface area (TPSA) is 61.7 Å². The van der Waals surface area contributed by atoms with Gasteiger partial charge in [0, 0.05) is 6.54 Å². The van der Waals surface area contributed by atoms with Crippen LogP contribution in [0.4, 0.5) is 0 Å². The zero-order valence-corrected chi connectivity index (χ0v) is 9.07. The molecule has 0 amide bonds. The summed E-state index contributed by atoms with van der Waals surface area (Å²) in [6.45, 7) is 2.22. The maximum absolute atomic E-state index is 10.4. The molecule has 1 unspecified atom stereocenters. The van der Waals surface area contributed by atoms with Gasteiger partial charge in [0.2, 0.25) is 0 Å². The molecule has 0 fully saturated rings. The molecule has 84 valence electrons. The van der Waals surface area contributed by atoms with Crippen molar-refractivity contribution in [2.75, 3.05) is 6.54 Å². The lowest BCUT2D eigenvalue weighted by atomic mass is 9.93. The molecular weight excluding hydrogens is 192 g/mol. The van der Waals surface area contributed by atoms with Crippen LogP contribution in [0.5, 0.6) is 0 Å². The highest BCUT2D eigenvalue weighted by Crippen LogP contribution is 2.19. The van der Waals surface area contributed by atoms with E-state index in [0.717, 1.165) is 13.0 Å². The summed E-state index contributed by atoms with van der Waals surface area (Å²) in [5.74, 6) is -0.341. The minimum absolute atomic E-state index is 0.106. The molecule has 0 radical (unpaired) electrons. The van der Waals surface area contributed by atoms with Crippen LogP contribution in [0.2, 0.25) is 0 Å². The van der Waals surface area contributed by atoms with E-state index >= 15 is 0 Å². The highest BCUT2D eigenvalue weighted by atomic mass is 16.4. The molecule has 0 spiro atoms. The Morgan fingerprint density at radius 3 is 3.07 bits per heavy atom. The summed E-state index contributed by atoms with van der Waals surface area (Å²) >= 11 is 0. The number of nitrogens with one attached hydrogen (secondary N) is 1. The van der Waals surface area contributed by atoms with E-state index in [4.69, 9.17) is 5.11 Å². The Hall–Kier alpha value is -1.32. The number of carboxylic acid groups (broad SMARTS) is 1. The van der Waals surface area contributed by atoms with E-state index in [-0.39, 0.29) is 5.71 Å². The minimum Gasteiger partial charge on any atom is -0.477 e. The number of hydrogen-bond donors (Lipinski definition) is 2. The largest absolute Gasteiger partial charge is 0.477 e. The number of nitrogens with zero attached hydrogens (tertiary/aromatic N) is 1. The second-order valence-electron chi connectivity index (χ2n) is 3.82. The van der Waals surface area contributed by atoms with Crippen LogP contribution < -0.4 is 5.43 Å². The molecule has 1 aliphatic rings. The maximum Gasteiger partial charge on any atom is 0.351 e. The Kier molecular flexibility index (Phi) is 4.87. The van der Waals surface area contributed by atoms with Gasteiger partial charge in [0.05, 0.1) is 0 Å². The van der Waals surface area contributed by atoms with Crippen molar-refractivity contribution in [2.45, 2.75) is 32.6 Å². The first-order valence-corrected chi connectivity index (χ1v) is 5.37. The maximum atomic E-state index is 10.4. The van der Waals surface area contributed by atoms with Gasteiger partial charge in [-0.2, -0.15) is 5.10 Å². The standard InChI is InChI=1S/C11H18N2O2/c1-9(11(14)15)13-12-8-7-10-5-3-2-4-6-10/h3,5,10,12H,2,4,6-8H2,1H3,(H,14,15)/b13-9-. The Morgan fingerprint density at radius 1 is 1.67 bits per heavy atom. The Morgan fingerprint density at radius 2 is 2.47 bits per heavy atom. The lowest BCUT2D eigenvalue weighted by molar-refractivity contribution is -0.129. The van der Waals surface area contributed by atoms with Crippen molar-refractivity contribution in [1.29, 1.82) is 0 Å². The quantitative estimate of drug-likeness (QED) is 0.315. The van der Waals surface area contributed by atoms with Crippen LogP contribution >= 0.6 is 0 Å². The second-order valence-corrected chi connectivity index (χ2v) is 3.82. The zero-order chi connectivity index (χ0) is 11.1.